The minimum absolute atomic E-state index is 0.0529. The molecular formula is C19H18N2O5S. The smallest absolute Gasteiger partial charge is 0.342 e. The van der Waals surface area contributed by atoms with E-state index in [9.17, 15) is 10.1 Å². The molecule has 27 heavy (non-hydrogen) atoms. The number of thiophene rings is 1. The summed E-state index contributed by atoms with van der Waals surface area (Å²) in [5.74, 6) is 0.212. The number of rotatable bonds is 4. The summed E-state index contributed by atoms with van der Waals surface area (Å²) in [6, 6.07) is 7.53. The van der Waals surface area contributed by atoms with E-state index in [1.165, 1.54) is 32.7 Å². The molecule has 2 N–H and O–H groups in total. The first-order chi connectivity index (χ1) is 13.0. The maximum absolute atomic E-state index is 12.2. The summed E-state index contributed by atoms with van der Waals surface area (Å²) >= 11 is 1.35. The molecule has 1 atom stereocenters. The zero-order chi connectivity index (χ0) is 19.7. The van der Waals surface area contributed by atoms with Gasteiger partial charge in [-0.05, 0) is 13.0 Å². The summed E-state index contributed by atoms with van der Waals surface area (Å²) < 4.78 is 21.5. The summed E-state index contributed by atoms with van der Waals surface area (Å²) in [5.41, 5.74) is 7.27. The highest BCUT2D eigenvalue weighted by Crippen LogP contribution is 2.52. The van der Waals surface area contributed by atoms with Crippen molar-refractivity contribution in [2.45, 2.75) is 12.8 Å². The van der Waals surface area contributed by atoms with E-state index in [1.807, 2.05) is 6.07 Å². The van der Waals surface area contributed by atoms with E-state index in [0.717, 1.165) is 0 Å². The van der Waals surface area contributed by atoms with Crippen molar-refractivity contribution in [1.29, 1.82) is 5.26 Å². The molecule has 140 valence electrons. The molecule has 1 aromatic carbocycles. The highest BCUT2D eigenvalue weighted by Gasteiger charge is 2.38. The minimum atomic E-state index is -0.550. The van der Waals surface area contributed by atoms with Gasteiger partial charge >= 0.3 is 5.97 Å². The molecule has 1 aromatic heterocycles. The van der Waals surface area contributed by atoms with E-state index in [2.05, 4.69) is 6.07 Å². The monoisotopic (exact) mass is 386 g/mol. The standard InChI is InChI=1S/C19H18N2O5S/c1-9-13(19(22)25-4)16-17(27-9)14(11(8-20)18(21)26-16)10-6-5-7-12(23-2)15(10)24-3/h5-7,14H,21H2,1-4H3. The fourth-order valence-corrected chi connectivity index (χ4v) is 4.38. The zero-order valence-corrected chi connectivity index (χ0v) is 16.1. The van der Waals surface area contributed by atoms with Gasteiger partial charge in [-0.15, -0.1) is 11.3 Å². The number of nitrogens with zero attached hydrogens (tertiary/aromatic N) is 1. The Morgan fingerprint density at radius 3 is 2.63 bits per heavy atom. The zero-order valence-electron chi connectivity index (χ0n) is 15.3. The van der Waals surface area contributed by atoms with Gasteiger partial charge in [0, 0.05) is 10.4 Å². The van der Waals surface area contributed by atoms with E-state index in [4.69, 9.17) is 24.7 Å². The Kier molecular flexibility index (Phi) is 4.97. The molecule has 8 heteroatoms. The van der Waals surface area contributed by atoms with Gasteiger partial charge in [0.1, 0.15) is 17.2 Å². The molecule has 3 rings (SSSR count). The first-order valence-electron chi connectivity index (χ1n) is 7.98. The van der Waals surface area contributed by atoms with Crippen LogP contribution in [0, 0.1) is 18.3 Å². The number of allylic oxidation sites excluding steroid dienone is 1. The van der Waals surface area contributed by atoms with E-state index < -0.39 is 11.9 Å². The van der Waals surface area contributed by atoms with Gasteiger partial charge in [-0.1, -0.05) is 12.1 Å². The molecule has 0 spiro atoms. The number of nitriles is 1. The first-order valence-corrected chi connectivity index (χ1v) is 8.80. The van der Waals surface area contributed by atoms with E-state index >= 15 is 0 Å². The Bertz CT molecular complexity index is 987. The lowest BCUT2D eigenvalue weighted by atomic mass is 9.87. The van der Waals surface area contributed by atoms with Gasteiger partial charge in [0.05, 0.1) is 32.1 Å². The maximum Gasteiger partial charge on any atom is 0.342 e. The number of hydrogen-bond acceptors (Lipinski definition) is 8. The largest absolute Gasteiger partial charge is 0.493 e. The number of carbonyl (C=O) groups is 1. The number of nitrogens with two attached hydrogens (primary N) is 1. The topological polar surface area (TPSA) is 104 Å². The average molecular weight is 386 g/mol. The van der Waals surface area contributed by atoms with E-state index in [-0.39, 0.29) is 11.5 Å². The predicted octanol–water partition coefficient (Wildman–Crippen LogP) is 3.08. The summed E-state index contributed by atoms with van der Waals surface area (Å²) in [7, 11) is 4.37. The van der Waals surface area contributed by atoms with Crippen molar-refractivity contribution in [3.8, 4) is 23.3 Å². The third-order valence-electron chi connectivity index (χ3n) is 4.35. The normalized spacial score (nSPS) is 15.4. The second-order valence-corrected chi connectivity index (χ2v) is 6.98. The molecule has 1 aliphatic rings. The van der Waals surface area contributed by atoms with Crippen LogP contribution in [0.15, 0.2) is 29.7 Å². The molecule has 0 radical (unpaired) electrons. The van der Waals surface area contributed by atoms with Crippen LogP contribution in [0.3, 0.4) is 0 Å². The third kappa shape index (κ3) is 2.86. The van der Waals surface area contributed by atoms with Crippen LogP contribution in [-0.2, 0) is 4.74 Å². The van der Waals surface area contributed by atoms with Gasteiger partial charge in [0.2, 0.25) is 5.88 Å². The molecule has 0 bridgehead atoms. The van der Waals surface area contributed by atoms with Crippen LogP contribution in [0.4, 0.5) is 0 Å². The Morgan fingerprint density at radius 1 is 1.30 bits per heavy atom. The van der Waals surface area contributed by atoms with Crippen molar-refractivity contribution in [2.75, 3.05) is 21.3 Å². The van der Waals surface area contributed by atoms with Crippen LogP contribution in [0.25, 0.3) is 0 Å². The fourth-order valence-electron chi connectivity index (χ4n) is 3.17. The second kappa shape index (κ2) is 7.21. The molecule has 0 fully saturated rings. The molecule has 2 heterocycles. The number of aryl methyl sites for hydroxylation is 1. The lowest BCUT2D eigenvalue weighted by Crippen LogP contribution is -2.21. The molecule has 0 amide bonds. The number of fused-ring (bicyclic) bond motifs is 1. The number of esters is 1. The van der Waals surface area contributed by atoms with E-state index in [0.29, 0.717) is 38.1 Å². The van der Waals surface area contributed by atoms with Crippen molar-refractivity contribution >= 4 is 17.3 Å². The van der Waals surface area contributed by atoms with Gasteiger partial charge in [0.25, 0.3) is 0 Å². The number of methoxy groups -OCH3 is 3. The van der Waals surface area contributed by atoms with Gasteiger partial charge in [0.15, 0.2) is 17.2 Å². The Balaban J connectivity index is 2.31. The fraction of sp³-hybridized carbons (Fsp3) is 0.263. The number of para-hydroxylation sites is 1. The Labute approximate surface area is 160 Å². The summed E-state index contributed by atoms with van der Waals surface area (Å²) in [5, 5.41) is 9.71. The number of ether oxygens (including phenoxy) is 4. The van der Waals surface area contributed by atoms with Crippen molar-refractivity contribution in [3.63, 3.8) is 0 Å². The predicted molar refractivity (Wildman–Crippen MR) is 99.2 cm³/mol. The van der Waals surface area contributed by atoms with E-state index in [1.54, 1.807) is 19.1 Å². The molecule has 1 unspecified atom stereocenters. The van der Waals surface area contributed by atoms with Crippen LogP contribution >= 0.6 is 11.3 Å². The van der Waals surface area contributed by atoms with Crippen LogP contribution in [0.5, 0.6) is 17.2 Å². The van der Waals surface area contributed by atoms with Gasteiger partial charge < -0.3 is 24.7 Å². The minimum Gasteiger partial charge on any atom is -0.493 e. The van der Waals surface area contributed by atoms with Crippen LogP contribution in [0.2, 0.25) is 0 Å². The second-order valence-electron chi connectivity index (χ2n) is 5.73. The van der Waals surface area contributed by atoms with Crippen LogP contribution < -0.4 is 19.9 Å². The average Bonchev–Trinajstić information content (AvgIpc) is 3.00. The highest BCUT2D eigenvalue weighted by atomic mass is 32.1. The first kappa shape index (κ1) is 18.6. The van der Waals surface area contributed by atoms with Crippen molar-refractivity contribution in [3.05, 3.63) is 50.5 Å². The summed E-state index contributed by atoms with van der Waals surface area (Å²) in [4.78, 5) is 13.6. The van der Waals surface area contributed by atoms with Crippen LogP contribution in [-0.4, -0.2) is 27.3 Å². The molecule has 7 nitrogen and oxygen atoms in total. The molecular weight excluding hydrogens is 368 g/mol. The quantitative estimate of drug-likeness (QED) is 0.805. The summed E-state index contributed by atoms with van der Waals surface area (Å²) in [6.07, 6.45) is 0. The van der Waals surface area contributed by atoms with Gasteiger partial charge in [-0.3, -0.25) is 0 Å². The Hall–Kier alpha value is -3.18. The SMILES string of the molecule is COC(=O)c1c(C)sc2c1OC(N)=C(C#N)C2c1cccc(OC)c1OC. The highest BCUT2D eigenvalue weighted by molar-refractivity contribution is 7.12. The molecule has 0 aliphatic carbocycles. The van der Waals surface area contributed by atoms with Crippen LogP contribution in [0.1, 0.15) is 31.6 Å². The molecule has 1 aliphatic heterocycles. The molecule has 2 aromatic rings. The van der Waals surface area contributed by atoms with Gasteiger partial charge in [-0.25, -0.2) is 4.79 Å². The van der Waals surface area contributed by atoms with Crippen molar-refractivity contribution in [2.24, 2.45) is 5.73 Å². The number of benzene rings is 1. The summed E-state index contributed by atoms with van der Waals surface area (Å²) in [6.45, 7) is 1.79. The third-order valence-corrected chi connectivity index (χ3v) is 5.50. The molecule has 0 saturated heterocycles. The lowest BCUT2D eigenvalue weighted by molar-refractivity contribution is 0.0597. The maximum atomic E-state index is 12.2. The lowest BCUT2D eigenvalue weighted by Gasteiger charge is -2.25. The Morgan fingerprint density at radius 2 is 2.04 bits per heavy atom. The van der Waals surface area contributed by atoms with Gasteiger partial charge in [-0.2, -0.15) is 5.26 Å². The van der Waals surface area contributed by atoms with Crippen molar-refractivity contribution in [1.82, 2.24) is 0 Å². The number of carbonyl (C=O) groups excluding carboxylic acids is 1. The number of hydrogen-bond donors (Lipinski definition) is 1. The van der Waals surface area contributed by atoms with Crippen molar-refractivity contribution < 1.29 is 23.7 Å². The molecule has 0 saturated carbocycles.